The zero-order chi connectivity index (χ0) is 14.4. The molecule has 0 aliphatic carbocycles. The number of aliphatic imine (C=N–C) groups is 1. The Morgan fingerprint density at radius 1 is 1.35 bits per heavy atom. The Morgan fingerprint density at radius 2 is 2.05 bits per heavy atom. The molecule has 1 aliphatic heterocycles. The van der Waals surface area contributed by atoms with Crippen molar-refractivity contribution in [1.29, 1.82) is 0 Å². The maximum absolute atomic E-state index is 6.13. The van der Waals surface area contributed by atoms with Crippen molar-refractivity contribution in [2.45, 2.75) is 32.6 Å². The monoisotopic (exact) mass is 293 g/mol. The fourth-order valence-electron chi connectivity index (χ4n) is 2.50. The van der Waals surface area contributed by atoms with E-state index < -0.39 is 0 Å². The first kappa shape index (κ1) is 15.2. The van der Waals surface area contributed by atoms with E-state index in [0.29, 0.717) is 5.96 Å². The second kappa shape index (κ2) is 7.53. The summed E-state index contributed by atoms with van der Waals surface area (Å²) in [6.45, 7) is 5.15. The van der Waals surface area contributed by atoms with Gasteiger partial charge in [0.25, 0.3) is 0 Å². The Labute approximate surface area is 126 Å². The molecule has 1 heterocycles. The predicted octanol–water partition coefficient (Wildman–Crippen LogP) is 3.32. The van der Waals surface area contributed by atoms with Crippen LogP contribution in [0.4, 0.5) is 0 Å². The molecule has 0 unspecified atom stereocenters. The van der Waals surface area contributed by atoms with Crippen LogP contribution in [0.25, 0.3) is 0 Å². The zero-order valence-electron chi connectivity index (χ0n) is 12.2. The summed E-state index contributed by atoms with van der Waals surface area (Å²) in [5.74, 6) is 1.52. The van der Waals surface area contributed by atoms with Gasteiger partial charge in [-0.15, -0.1) is 0 Å². The Bertz CT molecular complexity index is 451. The number of halogens is 1. The van der Waals surface area contributed by atoms with Crippen molar-refractivity contribution in [1.82, 2.24) is 4.90 Å². The number of hydrogen-bond donors (Lipinski definition) is 1. The Balaban J connectivity index is 1.74. The molecule has 0 bridgehead atoms. The van der Waals surface area contributed by atoms with E-state index in [1.807, 2.05) is 18.2 Å². The first-order chi connectivity index (χ1) is 9.66. The van der Waals surface area contributed by atoms with Crippen molar-refractivity contribution in [2.24, 2.45) is 16.6 Å². The van der Waals surface area contributed by atoms with Gasteiger partial charge < -0.3 is 10.6 Å². The highest BCUT2D eigenvalue weighted by Crippen LogP contribution is 2.17. The molecule has 110 valence electrons. The number of piperidine rings is 1. The summed E-state index contributed by atoms with van der Waals surface area (Å²) in [7, 11) is 0. The van der Waals surface area contributed by atoms with Gasteiger partial charge in [-0.3, -0.25) is 4.99 Å². The molecule has 1 saturated heterocycles. The molecule has 1 fully saturated rings. The molecular formula is C16H24ClN3. The van der Waals surface area contributed by atoms with Gasteiger partial charge in [0.1, 0.15) is 0 Å². The van der Waals surface area contributed by atoms with Crippen LogP contribution in [0.3, 0.4) is 0 Å². The van der Waals surface area contributed by atoms with Crippen molar-refractivity contribution in [3.63, 3.8) is 0 Å². The highest BCUT2D eigenvalue weighted by atomic mass is 35.5. The van der Waals surface area contributed by atoms with E-state index in [0.717, 1.165) is 43.4 Å². The molecule has 0 radical (unpaired) electrons. The molecule has 1 aromatic carbocycles. The van der Waals surface area contributed by atoms with Crippen LogP contribution in [0, 0.1) is 5.92 Å². The van der Waals surface area contributed by atoms with Crippen LogP contribution in [0.1, 0.15) is 31.7 Å². The van der Waals surface area contributed by atoms with Gasteiger partial charge >= 0.3 is 0 Å². The smallest absolute Gasteiger partial charge is 0.191 e. The van der Waals surface area contributed by atoms with Gasteiger partial charge in [0.15, 0.2) is 5.96 Å². The van der Waals surface area contributed by atoms with E-state index in [2.05, 4.69) is 22.9 Å². The summed E-state index contributed by atoms with van der Waals surface area (Å²) in [6.07, 6.45) is 4.37. The Hall–Kier alpha value is -1.22. The molecule has 1 aromatic rings. The lowest BCUT2D eigenvalue weighted by atomic mass is 10.00. The van der Waals surface area contributed by atoms with E-state index in [4.69, 9.17) is 17.3 Å². The number of likely N-dealkylation sites (tertiary alicyclic amines) is 1. The molecule has 2 N–H and O–H groups in total. The minimum Gasteiger partial charge on any atom is -0.370 e. The maximum Gasteiger partial charge on any atom is 0.191 e. The van der Waals surface area contributed by atoms with E-state index >= 15 is 0 Å². The van der Waals surface area contributed by atoms with Crippen LogP contribution >= 0.6 is 11.6 Å². The molecule has 0 atom stereocenters. The second-order valence-electron chi connectivity index (χ2n) is 5.60. The number of aryl methyl sites for hydroxylation is 1. The minimum atomic E-state index is 0.705. The van der Waals surface area contributed by atoms with Crippen molar-refractivity contribution in [2.75, 3.05) is 19.6 Å². The third kappa shape index (κ3) is 4.41. The van der Waals surface area contributed by atoms with Crippen LogP contribution in [-0.2, 0) is 6.42 Å². The summed E-state index contributed by atoms with van der Waals surface area (Å²) >= 11 is 6.13. The Morgan fingerprint density at radius 3 is 2.75 bits per heavy atom. The van der Waals surface area contributed by atoms with Gasteiger partial charge in [-0.25, -0.2) is 0 Å². The molecule has 0 spiro atoms. The number of hydrogen-bond acceptors (Lipinski definition) is 1. The molecule has 1 aliphatic rings. The van der Waals surface area contributed by atoms with Gasteiger partial charge in [-0.2, -0.15) is 0 Å². The normalized spacial score (nSPS) is 17.5. The molecule has 2 rings (SSSR count). The van der Waals surface area contributed by atoms with Gasteiger partial charge in [0, 0.05) is 24.7 Å². The van der Waals surface area contributed by atoms with Crippen LogP contribution in [-0.4, -0.2) is 30.5 Å². The summed E-state index contributed by atoms with van der Waals surface area (Å²) in [5.41, 5.74) is 7.24. The molecule has 0 amide bonds. The lowest BCUT2D eigenvalue weighted by molar-refractivity contribution is 0.277. The Kier molecular flexibility index (Phi) is 5.72. The number of guanidine groups is 1. The number of benzene rings is 1. The third-order valence-electron chi connectivity index (χ3n) is 3.94. The molecule has 3 nitrogen and oxygen atoms in total. The molecule has 20 heavy (non-hydrogen) atoms. The summed E-state index contributed by atoms with van der Waals surface area (Å²) < 4.78 is 0. The highest BCUT2D eigenvalue weighted by molar-refractivity contribution is 6.31. The van der Waals surface area contributed by atoms with Crippen molar-refractivity contribution in [3.05, 3.63) is 34.9 Å². The van der Waals surface area contributed by atoms with Crippen molar-refractivity contribution >= 4 is 17.6 Å². The van der Waals surface area contributed by atoms with Crippen molar-refractivity contribution in [3.8, 4) is 0 Å². The molecular weight excluding hydrogens is 270 g/mol. The van der Waals surface area contributed by atoms with Gasteiger partial charge in [-0.05, 0) is 43.2 Å². The van der Waals surface area contributed by atoms with Crippen LogP contribution in [0.15, 0.2) is 29.3 Å². The molecule has 0 saturated carbocycles. The van der Waals surface area contributed by atoms with Gasteiger partial charge in [0.2, 0.25) is 0 Å². The van der Waals surface area contributed by atoms with Crippen LogP contribution < -0.4 is 5.73 Å². The maximum atomic E-state index is 6.13. The van der Waals surface area contributed by atoms with Gasteiger partial charge in [0.05, 0.1) is 0 Å². The zero-order valence-corrected chi connectivity index (χ0v) is 12.9. The quantitative estimate of drug-likeness (QED) is 0.526. The topological polar surface area (TPSA) is 41.6 Å². The predicted molar refractivity (Wildman–Crippen MR) is 86.2 cm³/mol. The second-order valence-corrected chi connectivity index (χ2v) is 6.01. The largest absolute Gasteiger partial charge is 0.370 e. The van der Waals surface area contributed by atoms with Crippen molar-refractivity contribution < 1.29 is 0 Å². The lowest BCUT2D eigenvalue weighted by Crippen LogP contribution is -2.42. The number of nitrogens with zero attached hydrogens (tertiary/aromatic N) is 2. The molecule has 0 aromatic heterocycles. The lowest BCUT2D eigenvalue weighted by Gasteiger charge is -2.31. The first-order valence-corrected chi connectivity index (χ1v) is 7.83. The van der Waals surface area contributed by atoms with Crippen LogP contribution in [0.2, 0.25) is 5.02 Å². The fraction of sp³-hybridized carbons (Fsp3) is 0.562. The summed E-state index contributed by atoms with van der Waals surface area (Å²) in [5, 5.41) is 0.842. The SMILES string of the molecule is CC1CCN(C(N)=NCCCc2ccccc2Cl)CC1. The van der Waals surface area contributed by atoms with E-state index in [1.165, 1.54) is 18.4 Å². The third-order valence-corrected chi connectivity index (χ3v) is 4.31. The standard InChI is InChI=1S/C16H24ClN3/c1-13-8-11-20(12-9-13)16(18)19-10-4-6-14-5-2-3-7-15(14)17/h2-3,5,7,13H,4,6,8-12H2,1H3,(H2,18,19). The van der Waals surface area contributed by atoms with E-state index in [9.17, 15) is 0 Å². The highest BCUT2D eigenvalue weighted by Gasteiger charge is 2.16. The minimum absolute atomic E-state index is 0.705. The average Bonchev–Trinajstić information content (AvgIpc) is 2.46. The fourth-order valence-corrected chi connectivity index (χ4v) is 2.73. The average molecular weight is 294 g/mol. The van der Waals surface area contributed by atoms with E-state index in [-0.39, 0.29) is 0 Å². The number of nitrogens with two attached hydrogens (primary N) is 1. The summed E-state index contributed by atoms with van der Waals surface area (Å²) in [6, 6.07) is 7.98. The molecule has 4 heteroatoms. The summed E-state index contributed by atoms with van der Waals surface area (Å²) in [4.78, 5) is 6.70. The number of rotatable bonds is 4. The van der Waals surface area contributed by atoms with Crippen LogP contribution in [0.5, 0.6) is 0 Å². The van der Waals surface area contributed by atoms with Gasteiger partial charge in [-0.1, -0.05) is 36.7 Å². The van der Waals surface area contributed by atoms with E-state index in [1.54, 1.807) is 0 Å². The first-order valence-electron chi connectivity index (χ1n) is 7.45.